The number of ether oxygens (including phenoxy) is 1. The Hall–Kier alpha value is -4.17. The maximum atomic E-state index is 12.5. The molecule has 5 aromatic rings. The van der Waals surface area contributed by atoms with Gasteiger partial charge in [0.15, 0.2) is 5.69 Å². The highest BCUT2D eigenvalue weighted by molar-refractivity contribution is 9.10. The van der Waals surface area contributed by atoms with Crippen molar-refractivity contribution in [3.63, 3.8) is 0 Å². The van der Waals surface area contributed by atoms with E-state index in [4.69, 9.17) is 10.5 Å². The Morgan fingerprint density at radius 1 is 1.06 bits per heavy atom. The number of fused-ring (bicyclic) bond motifs is 3. The quantitative estimate of drug-likeness (QED) is 0.232. The van der Waals surface area contributed by atoms with E-state index in [1.165, 1.54) is 0 Å². The van der Waals surface area contributed by atoms with Gasteiger partial charge in [-0.1, -0.05) is 64.5 Å². The molecule has 2 amide bonds. The SMILES string of the molecule is Cc1nc(C(N)=O)c2[nH]c3cc(Br)ccc3c2c1-c1cccc(NC(=O)OCc2ccccc2)c1C. The monoisotopic (exact) mass is 542 g/mol. The first-order valence-corrected chi connectivity index (χ1v) is 12.1. The summed E-state index contributed by atoms with van der Waals surface area (Å²) in [7, 11) is 0. The molecule has 0 fully saturated rings. The number of primary amides is 1. The molecule has 0 spiro atoms. The van der Waals surface area contributed by atoms with Gasteiger partial charge in [-0.15, -0.1) is 0 Å². The van der Waals surface area contributed by atoms with E-state index in [0.717, 1.165) is 43.0 Å². The predicted molar refractivity (Wildman–Crippen MR) is 145 cm³/mol. The van der Waals surface area contributed by atoms with Crippen LogP contribution in [0.3, 0.4) is 0 Å². The third kappa shape index (κ3) is 4.31. The van der Waals surface area contributed by atoms with Crippen LogP contribution in [0.25, 0.3) is 32.9 Å². The molecule has 180 valence electrons. The standard InChI is InChI=1S/C28H23BrN4O3/c1-15-19(9-6-10-21(15)33-28(35)36-14-17-7-4-3-5-8-17)23-16(2)31-26(27(30)34)25-24(23)20-12-11-18(29)13-22(20)32-25/h3-13,32H,14H2,1-2H3,(H2,30,34)(H,33,35). The molecule has 0 aliphatic rings. The molecule has 0 saturated carbocycles. The summed E-state index contributed by atoms with van der Waals surface area (Å²) in [5.41, 5.74) is 12.1. The van der Waals surface area contributed by atoms with Crippen LogP contribution < -0.4 is 11.1 Å². The van der Waals surface area contributed by atoms with Crippen LogP contribution in [0.4, 0.5) is 10.5 Å². The molecule has 2 aromatic heterocycles. The first-order valence-electron chi connectivity index (χ1n) is 11.3. The summed E-state index contributed by atoms with van der Waals surface area (Å²) >= 11 is 3.51. The number of carbonyl (C=O) groups excluding carboxylic acids is 2. The van der Waals surface area contributed by atoms with E-state index < -0.39 is 12.0 Å². The van der Waals surface area contributed by atoms with E-state index in [9.17, 15) is 9.59 Å². The van der Waals surface area contributed by atoms with Gasteiger partial charge in [-0.25, -0.2) is 9.78 Å². The normalized spacial score (nSPS) is 11.1. The van der Waals surface area contributed by atoms with Gasteiger partial charge in [0, 0.05) is 37.7 Å². The van der Waals surface area contributed by atoms with Crippen LogP contribution in [0.1, 0.15) is 27.3 Å². The number of amides is 2. The highest BCUT2D eigenvalue weighted by Gasteiger charge is 2.22. The number of carbonyl (C=O) groups is 2. The third-order valence-electron chi connectivity index (χ3n) is 6.17. The Morgan fingerprint density at radius 2 is 1.83 bits per heavy atom. The zero-order valence-corrected chi connectivity index (χ0v) is 21.3. The average molecular weight is 543 g/mol. The molecule has 0 aliphatic carbocycles. The Bertz CT molecular complexity index is 1640. The van der Waals surface area contributed by atoms with Gasteiger partial charge in [-0.05, 0) is 48.7 Å². The fourth-order valence-corrected chi connectivity index (χ4v) is 4.85. The molecule has 0 radical (unpaired) electrons. The second kappa shape index (κ2) is 9.47. The largest absolute Gasteiger partial charge is 0.444 e. The van der Waals surface area contributed by atoms with Crippen molar-refractivity contribution in [3.05, 3.63) is 93.7 Å². The lowest BCUT2D eigenvalue weighted by molar-refractivity contribution is 0.0997. The number of aromatic amines is 1. The molecule has 0 bridgehead atoms. The molecule has 8 heteroatoms. The molecular formula is C28H23BrN4O3. The number of hydrogen-bond acceptors (Lipinski definition) is 4. The molecule has 0 unspecified atom stereocenters. The molecule has 3 aromatic carbocycles. The Morgan fingerprint density at radius 3 is 2.58 bits per heavy atom. The predicted octanol–water partition coefficient (Wildman–Crippen LogP) is 6.61. The number of nitrogens with zero attached hydrogens (tertiary/aromatic N) is 1. The van der Waals surface area contributed by atoms with E-state index in [1.807, 2.05) is 80.6 Å². The molecule has 0 aliphatic heterocycles. The molecular weight excluding hydrogens is 520 g/mol. The summed E-state index contributed by atoms with van der Waals surface area (Å²) in [6.07, 6.45) is -0.542. The van der Waals surface area contributed by atoms with Crippen molar-refractivity contribution in [3.8, 4) is 11.1 Å². The van der Waals surface area contributed by atoms with Crippen molar-refractivity contribution in [2.45, 2.75) is 20.5 Å². The average Bonchev–Trinajstić information content (AvgIpc) is 3.22. The van der Waals surface area contributed by atoms with Crippen molar-refractivity contribution in [1.29, 1.82) is 0 Å². The number of pyridine rings is 1. The maximum absolute atomic E-state index is 12.5. The Labute approximate surface area is 215 Å². The number of halogens is 1. The highest BCUT2D eigenvalue weighted by Crippen LogP contribution is 2.40. The zero-order chi connectivity index (χ0) is 25.4. The summed E-state index contributed by atoms with van der Waals surface area (Å²) in [6, 6.07) is 21.1. The molecule has 5 rings (SSSR count). The van der Waals surface area contributed by atoms with Crippen molar-refractivity contribution in [1.82, 2.24) is 9.97 Å². The van der Waals surface area contributed by atoms with E-state index >= 15 is 0 Å². The van der Waals surface area contributed by atoms with Gasteiger partial charge in [0.2, 0.25) is 0 Å². The number of nitrogens with two attached hydrogens (primary N) is 1. The second-order valence-electron chi connectivity index (χ2n) is 8.51. The second-order valence-corrected chi connectivity index (χ2v) is 9.43. The van der Waals surface area contributed by atoms with Crippen LogP contribution in [0, 0.1) is 13.8 Å². The van der Waals surface area contributed by atoms with E-state index in [-0.39, 0.29) is 12.3 Å². The van der Waals surface area contributed by atoms with Crippen molar-refractivity contribution >= 4 is 55.4 Å². The molecule has 0 saturated heterocycles. The fraction of sp³-hybridized carbons (Fsp3) is 0.107. The summed E-state index contributed by atoms with van der Waals surface area (Å²) < 4.78 is 6.31. The van der Waals surface area contributed by atoms with Crippen LogP contribution in [0.15, 0.2) is 71.2 Å². The van der Waals surface area contributed by atoms with Gasteiger partial charge in [0.05, 0.1) is 5.52 Å². The summed E-state index contributed by atoms with van der Waals surface area (Å²) in [4.78, 5) is 32.7. The number of rotatable bonds is 5. The summed E-state index contributed by atoms with van der Waals surface area (Å²) in [5, 5.41) is 4.65. The van der Waals surface area contributed by atoms with Gasteiger partial charge in [0.25, 0.3) is 5.91 Å². The molecule has 7 nitrogen and oxygen atoms in total. The van der Waals surface area contributed by atoms with E-state index in [0.29, 0.717) is 16.9 Å². The zero-order valence-electron chi connectivity index (χ0n) is 19.7. The number of nitrogens with one attached hydrogen (secondary N) is 2. The first-order chi connectivity index (χ1) is 17.3. The highest BCUT2D eigenvalue weighted by atomic mass is 79.9. The number of aromatic nitrogens is 2. The topological polar surface area (TPSA) is 110 Å². The lowest BCUT2D eigenvalue weighted by Crippen LogP contribution is -2.15. The van der Waals surface area contributed by atoms with Gasteiger partial charge in [0.1, 0.15) is 6.61 Å². The minimum atomic E-state index is -0.603. The number of aryl methyl sites for hydroxylation is 1. The van der Waals surface area contributed by atoms with Crippen LogP contribution in [-0.4, -0.2) is 22.0 Å². The fourth-order valence-electron chi connectivity index (χ4n) is 4.49. The lowest BCUT2D eigenvalue weighted by atomic mass is 9.93. The van der Waals surface area contributed by atoms with Crippen molar-refractivity contribution in [2.24, 2.45) is 5.73 Å². The molecule has 2 heterocycles. The number of H-pyrrole nitrogens is 1. The third-order valence-corrected chi connectivity index (χ3v) is 6.67. The van der Waals surface area contributed by atoms with Crippen LogP contribution in [-0.2, 0) is 11.3 Å². The molecule has 0 atom stereocenters. The van der Waals surface area contributed by atoms with Gasteiger partial charge < -0.3 is 15.5 Å². The van der Waals surface area contributed by atoms with Crippen LogP contribution in [0.5, 0.6) is 0 Å². The smallest absolute Gasteiger partial charge is 0.411 e. The van der Waals surface area contributed by atoms with E-state index in [1.54, 1.807) is 0 Å². The van der Waals surface area contributed by atoms with Crippen molar-refractivity contribution in [2.75, 3.05) is 5.32 Å². The summed E-state index contributed by atoms with van der Waals surface area (Å²) in [5.74, 6) is -0.603. The van der Waals surface area contributed by atoms with Gasteiger partial charge in [-0.3, -0.25) is 10.1 Å². The minimum absolute atomic E-state index is 0.175. The van der Waals surface area contributed by atoms with Gasteiger partial charge in [-0.2, -0.15) is 0 Å². The van der Waals surface area contributed by atoms with Crippen LogP contribution >= 0.6 is 15.9 Å². The number of hydrogen-bond donors (Lipinski definition) is 3. The Kier molecular flexibility index (Phi) is 6.20. The Balaban J connectivity index is 1.59. The molecule has 4 N–H and O–H groups in total. The number of anilines is 1. The van der Waals surface area contributed by atoms with Gasteiger partial charge >= 0.3 is 6.09 Å². The minimum Gasteiger partial charge on any atom is -0.444 e. The maximum Gasteiger partial charge on any atom is 0.411 e. The van der Waals surface area contributed by atoms with Crippen molar-refractivity contribution < 1.29 is 14.3 Å². The lowest BCUT2D eigenvalue weighted by Gasteiger charge is -2.16. The molecule has 36 heavy (non-hydrogen) atoms. The first kappa shape index (κ1) is 23.6. The van der Waals surface area contributed by atoms with E-state index in [2.05, 4.69) is 31.2 Å². The number of benzene rings is 3. The van der Waals surface area contributed by atoms with Crippen LogP contribution in [0.2, 0.25) is 0 Å². The summed E-state index contributed by atoms with van der Waals surface area (Å²) in [6.45, 7) is 3.96.